The topological polar surface area (TPSA) is 59.0 Å². The fraction of sp³-hybridized carbons (Fsp3) is 0.0667. The van der Waals surface area contributed by atoms with Gasteiger partial charge in [-0.05, 0) is 24.3 Å². The number of amides is 1. The molecule has 0 unspecified atom stereocenters. The molecule has 1 aromatic carbocycles. The Morgan fingerprint density at radius 3 is 2.64 bits per heavy atom. The molecule has 110 valence electrons. The summed E-state index contributed by atoms with van der Waals surface area (Å²) in [6.07, 6.45) is 3.15. The summed E-state index contributed by atoms with van der Waals surface area (Å²) in [5.74, 6) is -0.174. The van der Waals surface area contributed by atoms with Gasteiger partial charge < -0.3 is 0 Å². The highest BCUT2D eigenvalue weighted by Gasteiger charge is 2.18. The molecule has 0 bridgehead atoms. The second-order valence-corrected chi connectivity index (χ2v) is 5.89. The number of rotatable bonds is 3. The average Bonchev–Trinajstić information content (AvgIpc) is 3.05. The lowest BCUT2D eigenvalue weighted by atomic mass is 10.2. The molecule has 3 rings (SSSR count). The SMILES string of the molecule is CN(C(=O)c1cccnc1)c1nnc(-c2ccc(Cl)cc2)s1. The lowest BCUT2D eigenvalue weighted by molar-refractivity contribution is 0.0992. The Kier molecular flexibility index (Phi) is 4.13. The summed E-state index contributed by atoms with van der Waals surface area (Å²) >= 11 is 7.22. The van der Waals surface area contributed by atoms with Crippen LogP contribution in [-0.4, -0.2) is 28.1 Å². The van der Waals surface area contributed by atoms with Crippen LogP contribution < -0.4 is 4.90 Å². The molecule has 2 heterocycles. The van der Waals surface area contributed by atoms with E-state index >= 15 is 0 Å². The molecule has 0 radical (unpaired) electrons. The van der Waals surface area contributed by atoms with E-state index in [9.17, 15) is 4.79 Å². The quantitative estimate of drug-likeness (QED) is 0.737. The Labute approximate surface area is 136 Å². The maximum Gasteiger partial charge on any atom is 0.261 e. The Hall–Kier alpha value is -2.31. The van der Waals surface area contributed by atoms with Gasteiger partial charge in [-0.25, -0.2) is 0 Å². The Bertz CT molecular complexity index is 789. The third-order valence-corrected chi connectivity index (χ3v) is 4.31. The molecule has 5 nitrogen and oxygen atoms in total. The molecule has 0 atom stereocenters. The Morgan fingerprint density at radius 1 is 1.18 bits per heavy atom. The maximum absolute atomic E-state index is 12.3. The molecule has 22 heavy (non-hydrogen) atoms. The van der Waals surface area contributed by atoms with E-state index in [0.717, 1.165) is 10.6 Å². The molecular formula is C15H11ClN4OS. The minimum atomic E-state index is -0.174. The van der Waals surface area contributed by atoms with Crippen LogP contribution in [0, 0.1) is 0 Å². The number of carbonyl (C=O) groups is 1. The molecule has 0 fully saturated rings. The number of nitrogens with zero attached hydrogens (tertiary/aromatic N) is 4. The summed E-state index contributed by atoms with van der Waals surface area (Å²) in [5.41, 5.74) is 1.42. The van der Waals surface area contributed by atoms with Crippen LogP contribution in [0.25, 0.3) is 10.6 Å². The molecule has 0 saturated heterocycles. The fourth-order valence-electron chi connectivity index (χ4n) is 1.83. The van der Waals surface area contributed by atoms with Crippen molar-refractivity contribution in [3.05, 3.63) is 59.4 Å². The zero-order valence-corrected chi connectivity index (χ0v) is 13.2. The molecule has 0 aliphatic heterocycles. The second-order valence-electron chi connectivity index (χ2n) is 4.50. The van der Waals surface area contributed by atoms with Crippen LogP contribution in [0.5, 0.6) is 0 Å². The number of hydrogen-bond donors (Lipinski definition) is 0. The number of benzene rings is 1. The summed E-state index contributed by atoms with van der Waals surface area (Å²) in [4.78, 5) is 17.8. The van der Waals surface area contributed by atoms with Gasteiger partial charge in [-0.2, -0.15) is 0 Å². The first-order valence-electron chi connectivity index (χ1n) is 6.42. The number of anilines is 1. The summed E-state index contributed by atoms with van der Waals surface area (Å²) in [6.45, 7) is 0. The lowest BCUT2D eigenvalue weighted by Gasteiger charge is -2.12. The van der Waals surface area contributed by atoms with Crippen molar-refractivity contribution >= 4 is 34.0 Å². The third-order valence-electron chi connectivity index (χ3n) is 3.01. The maximum atomic E-state index is 12.3. The van der Waals surface area contributed by atoms with Crippen molar-refractivity contribution in [1.82, 2.24) is 15.2 Å². The Balaban J connectivity index is 1.84. The molecule has 1 amide bonds. The van der Waals surface area contributed by atoms with E-state index in [1.807, 2.05) is 12.1 Å². The van der Waals surface area contributed by atoms with Crippen molar-refractivity contribution in [2.45, 2.75) is 0 Å². The van der Waals surface area contributed by atoms with Crippen LogP contribution in [0.4, 0.5) is 5.13 Å². The molecule has 7 heteroatoms. The standard InChI is InChI=1S/C15H11ClN4OS/c1-20(14(21)11-3-2-8-17-9-11)15-19-18-13(22-15)10-4-6-12(16)7-5-10/h2-9H,1H3. The van der Waals surface area contributed by atoms with Crippen LogP contribution in [-0.2, 0) is 0 Å². The van der Waals surface area contributed by atoms with E-state index in [-0.39, 0.29) is 5.91 Å². The van der Waals surface area contributed by atoms with E-state index in [1.165, 1.54) is 22.4 Å². The van der Waals surface area contributed by atoms with Crippen molar-refractivity contribution in [1.29, 1.82) is 0 Å². The van der Waals surface area contributed by atoms with Crippen LogP contribution in [0.1, 0.15) is 10.4 Å². The Morgan fingerprint density at radius 2 is 1.95 bits per heavy atom. The molecule has 2 aromatic heterocycles. The zero-order valence-electron chi connectivity index (χ0n) is 11.6. The first-order valence-corrected chi connectivity index (χ1v) is 7.62. The van der Waals surface area contributed by atoms with Gasteiger partial charge in [0.2, 0.25) is 5.13 Å². The summed E-state index contributed by atoms with van der Waals surface area (Å²) < 4.78 is 0. The van der Waals surface area contributed by atoms with Crippen LogP contribution in [0.3, 0.4) is 0 Å². The van der Waals surface area contributed by atoms with Crippen LogP contribution in [0.15, 0.2) is 48.8 Å². The highest BCUT2D eigenvalue weighted by molar-refractivity contribution is 7.18. The molecule has 3 aromatic rings. The molecular weight excluding hydrogens is 320 g/mol. The van der Waals surface area contributed by atoms with Crippen LogP contribution >= 0.6 is 22.9 Å². The average molecular weight is 331 g/mol. The monoisotopic (exact) mass is 330 g/mol. The lowest BCUT2D eigenvalue weighted by Crippen LogP contribution is -2.26. The minimum Gasteiger partial charge on any atom is -0.286 e. The predicted octanol–water partition coefficient (Wildman–Crippen LogP) is 3.53. The number of carbonyl (C=O) groups excluding carboxylic acids is 1. The van der Waals surface area contributed by atoms with Gasteiger partial charge in [-0.1, -0.05) is 35.1 Å². The van der Waals surface area contributed by atoms with Gasteiger partial charge in [0.05, 0.1) is 5.56 Å². The van der Waals surface area contributed by atoms with Gasteiger partial charge in [0, 0.05) is 30.0 Å². The van der Waals surface area contributed by atoms with E-state index < -0.39 is 0 Å². The van der Waals surface area contributed by atoms with Gasteiger partial charge in [0.25, 0.3) is 5.91 Å². The van der Waals surface area contributed by atoms with E-state index in [4.69, 9.17) is 11.6 Å². The zero-order chi connectivity index (χ0) is 15.5. The molecule has 0 saturated carbocycles. The van der Waals surface area contributed by atoms with Crippen molar-refractivity contribution in [3.63, 3.8) is 0 Å². The molecule has 0 aliphatic rings. The van der Waals surface area contributed by atoms with Crippen molar-refractivity contribution < 1.29 is 4.79 Å². The van der Waals surface area contributed by atoms with Gasteiger partial charge in [-0.15, -0.1) is 10.2 Å². The molecule has 0 spiro atoms. The van der Waals surface area contributed by atoms with E-state index in [2.05, 4.69) is 15.2 Å². The smallest absolute Gasteiger partial charge is 0.261 e. The highest BCUT2D eigenvalue weighted by Crippen LogP contribution is 2.29. The summed E-state index contributed by atoms with van der Waals surface area (Å²) in [5, 5.41) is 10.1. The van der Waals surface area contributed by atoms with Crippen molar-refractivity contribution in [2.75, 3.05) is 11.9 Å². The second kappa shape index (κ2) is 6.21. The van der Waals surface area contributed by atoms with E-state index in [0.29, 0.717) is 15.7 Å². The minimum absolute atomic E-state index is 0.174. The van der Waals surface area contributed by atoms with Gasteiger partial charge in [-0.3, -0.25) is 14.7 Å². The van der Waals surface area contributed by atoms with Gasteiger partial charge in [0.1, 0.15) is 5.01 Å². The normalized spacial score (nSPS) is 10.5. The highest BCUT2D eigenvalue weighted by atomic mass is 35.5. The number of halogens is 1. The first-order chi connectivity index (χ1) is 10.6. The predicted molar refractivity (Wildman–Crippen MR) is 87.3 cm³/mol. The van der Waals surface area contributed by atoms with Crippen LogP contribution in [0.2, 0.25) is 5.02 Å². The summed E-state index contributed by atoms with van der Waals surface area (Å²) in [6, 6.07) is 10.8. The number of aromatic nitrogens is 3. The summed E-state index contributed by atoms with van der Waals surface area (Å²) in [7, 11) is 1.67. The van der Waals surface area contributed by atoms with Gasteiger partial charge in [0.15, 0.2) is 0 Å². The van der Waals surface area contributed by atoms with Crippen molar-refractivity contribution in [2.24, 2.45) is 0 Å². The third kappa shape index (κ3) is 2.98. The van der Waals surface area contributed by atoms with Crippen molar-refractivity contribution in [3.8, 4) is 10.6 Å². The molecule has 0 aliphatic carbocycles. The largest absolute Gasteiger partial charge is 0.286 e. The fourth-order valence-corrected chi connectivity index (χ4v) is 2.77. The first kappa shape index (κ1) is 14.6. The molecule has 0 N–H and O–H groups in total. The van der Waals surface area contributed by atoms with E-state index in [1.54, 1.807) is 37.5 Å². The number of pyridine rings is 1. The number of hydrogen-bond acceptors (Lipinski definition) is 5. The van der Waals surface area contributed by atoms with Gasteiger partial charge >= 0.3 is 0 Å².